The number of fused-ring (bicyclic) bond motifs is 1. The van der Waals surface area contributed by atoms with E-state index in [1.165, 1.54) is 64.2 Å². The molecule has 2 unspecified atom stereocenters. The minimum absolute atomic E-state index is 0.254. The summed E-state index contributed by atoms with van der Waals surface area (Å²) in [6, 6.07) is 13.7. The summed E-state index contributed by atoms with van der Waals surface area (Å²) in [5, 5.41) is 12.2. The van der Waals surface area contributed by atoms with Crippen molar-refractivity contribution in [2.45, 2.75) is 108 Å². The first-order valence-corrected chi connectivity index (χ1v) is 12.7. The molecule has 0 saturated heterocycles. The maximum Gasteiger partial charge on any atom is 0.0944 e. The predicted molar refractivity (Wildman–Crippen MR) is 137 cm³/mol. The second-order valence-electron chi connectivity index (χ2n) is 9.17. The van der Waals surface area contributed by atoms with Crippen LogP contribution in [-0.2, 0) is 0 Å². The molecular weight excluding hydrogens is 434 g/mol. The van der Waals surface area contributed by atoms with Crippen molar-refractivity contribution in [3.8, 4) is 0 Å². The fourth-order valence-corrected chi connectivity index (χ4v) is 3.93. The molecule has 2 atom stereocenters. The maximum absolute atomic E-state index is 9.97. The number of alkyl halides is 1. The minimum Gasteiger partial charge on any atom is -0.387 e. The van der Waals surface area contributed by atoms with Crippen molar-refractivity contribution in [3.63, 3.8) is 0 Å². The van der Waals surface area contributed by atoms with E-state index in [1.54, 1.807) is 0 Å². The highest BCUT2D eigenvalue weighted by atomic mass is 79.9. The van der Waals surface area contributed by atoms with Gasteiger partial charge >= 0.3 is 0 Å². The summed E-state index contributed by atoms with van der Waals surface area (Å²) in [5.74, 6) is 0. The van der Waals surface area contributed by atoms with Gasteiger partial charge in [-0.1, -0.05) is 137 Å². The number of hydrogen-bond donors (Lipinski definition) is 2. The van der Waals surface area contributed by atoms with Gasteiger partial charge in [-0.15, -0.1) is 0 Å². The van der Waals surface area contributed by atoms with E-state index in [9.17, 15) is 5.11 Å². The average Bonchev–Trinajstić information content (AvgIpc) is 2.71. The molecule has 0 aliphatic heterocycles. The normalized spacial score (nSPS) is 13.6. The number of halogens is 1. The van der Waals surface area contributed by atoms with Crippen molar-refractivity contribution in [1.29, 1.82) is 0 Å². The molecule has 0 fully saturated rings. The molecule has 0 aliphatic carbocycles. The molecule has 0 amide bonds. The third-order valence-electron chi connectivity index (χ3n) is 5.51. The van der Waals surface area contributed by atoms with Crippen LogP contribution in [0.15, 0.2) is 42.5 Å². The predicted octanol–water partition coefficient (Wildman–Crippen LogP) is 8.30. The van der Waals surface area contributed by atoms with E-state index in [1.807, 2.05) is 49.4 Å². The number of unbranched alkanes of at least 4 members (excludes halogenated alkanes) is 8. The van der Waals surface area contributed by atoms with Gasteiger partial charge in [0.1, 0.15) is 0 Å². The second kappa shape index (κ2) is 15.0. The molecule has 3 heteroatoms. The second-order valence-corrected chi connectivity index (χ2v) is 11.3. The quantitative estimate of drug-likeness (QED) is 0.238. The molecule has 30 heavy (non-hydrogen) atoms. The SMILES string of the molecule is CC(N)C(O)c1cccc2ccccc12.CCCCCCCCCCCC(C)(C)Br. The molecular formula is C27H44BrNO. The molecule has 0 saturated carbocycles. The van der Waals surface area contributed by atoms with Gasteiger partial charge in [0.2, 0.25) is 0 Å². The van der Waals surface area contributed by atoms with Crippen LogP contribution in [0.4, 0.5) is 0 Å². The van der Waals surface area contributed by atoms with Gasteiger partial charge in [-0.2, -0.15) is 0 Å². The Morgan fingerprint density at radius 1 is 0.867 bits per heavy atom. The summed E-state index contributed by atoms with van der Waals surface area (Å²) in [6.45, 7) is 8.62. The Labute approximate surface area is 193 Å². The summed E-state index contributed by atoms with van der Waals surface area (Å²) in [7, 11) is 0. The molecule has 2 nitrogen and oxygen atoms in total. The number of hydrogen-bond acceptors (Lipinski definition) is 2. The maximum atomic E-state index is 9.97. The summed E-state index contributed by atoms with van der Waals surface area (Å²) in [4.78, 5) is 0. The van der Waals surface area contributed by atoms with Gasteiger partial charge in [-0.25, -0.2) is 0 Å². The molecule has 2 rings (SSSR count). The summed E-state index contributed by atoms with van der Waals surface area (Å²) in [6.07, 6.45) is 13.6. The lowest BCUT2D eigenvalue weighted by molar-refractivity contribution is 0.155. The topological polar surface area (TPSA) is 46.2 Å². The van der Waals surface area contributed by atoms with Crippen LogP contribution in [0.3, 0.4) is 0 Å². The Balaban J connectivity index is 0.000000300. The summed E-state index contributed by atoms with van der Waals surface area (Å²) in [5.41, 5.74) is 6.61. The third kappa shape index (κ3) is 11.5. The molecule has 2 aromatic carbocycles. The lowest BCUT2D eigenvalue weighted by Gasteiger charge is -2.16. The van der Waals surface area contributed by atoms with Crippen molar-refractivity contribution in [1.82, 2.24) is 0 Å². The van der Waals surface area contributed by atoms with Gasteiger partial charge in [0.25, 0.3) is 0 Å². The zero-order chi connectivity index (χ0) is 22.4. The van der Waals surface area contributed by atoms with Crippen molar-refractivity contribution >= 4 is 26.7 Å². The molecule has 0 aromatic heterocycles. The van der Waals surface area contributed by atoms with Crippen LogP contribution in [0.2, 0.25) is 0 Å². The fraction of sp³-hybridized carbons (Fsp3) is 0.630. The van der Waals surface area contributed by atoms with E-state index in [0.29, 0.717) is 4.32 Å². The Bertz CT molecular complexity index is 687. The van der Waals surface area contributed by atoms with Gasteiger partial charge in [-0.05, 0) is 29.7 Å². The molecule has 170 valence electrons. The van der Waals surface area contributed by atoms with Gasteiger partial charge in [0.15, 0.2) is 0 Å². The highest BCUT2D eigenvalue weighted by Gasteiger charge is 2.14. The van der Waals surface area contributed by atoms with Gasteiger partial charge in [0, 0.05) is 10.4 Å². The van der Waals surface area contributed by atoms with Crippen molar-refractivity contribution in [3.05, 3.63) is 48.0 Å². The molecule has 0 radical (unpaired) electrons. The number of benzene rings is 2. The number of nitrogens with two attached hydrogens (primary N) is 1. The lowest BCUT2D eigenvalue weighted by atomic mass is 9.97. The smallest absolute Gasteiger partial charge is 0.0944 e. The third-order valence-corrected chi connectivity index (χ3v) is 5.91. The summed E-state index contributed by atoms with van der Waals surface area (Å²) >= 11 is 3.69. The first-order chi connectivity index (χ1) is 14.3. The first kappa shape index (κ1) is 27.1. The van der Waals surface area contributed by atoms with Crippen LogP contribution < -0.4 is 5.73 Å². The number of aliphatic hydroxyl groups is 1. The van der Waals surface area contributed by atoms with Crippen LogP contribution >= 0.6 is 15.9 Å². The lowest BCUT2D eigenvalue weighted by Crippen LogP contribution is -2.24. The van der Waals surface area contributed by atoms with Crippen LogP contribution in [0.5, 0.6) is 0 Å². The molecule has 0 spiro atoms. The molecule has 0 aliphatic rings. The van der Waals surface area contributed by atoms with Crippen molar-refractivity contribution < 1.29 is 5.11 Å². The van der Waals surface area contributed by atoms with Crippen LogP contribution in [0, 0.1) is 0 Å². The number of aliphatic hydroxyl groups excluding tert-OH is 1. The monoisotopic (exact) mass is 477 g/mol. The summed E-state index contributed by atoms with van der Waals surface area (Å²) < 4.78 is 0.355. The van der Waals surface area contributed by atoms with E-state index in [4.69, 9.17) is 5.73 Å². The molecule has 2 aromatic rings. The van der Waals surface area contributed by atoms with Crippen molar-refractivity contribution in [2.75, 3.05) is 0 Å². The highest BCUT2D eigenvalue weighted by molar-refractivity contribution is 9.10. The molecule has 0 bridgehead atoms. The Kier molecular flexibility index (Phi) is 13.6. The van der Waals surface area contributed by atoms with Crippen LogP contribution in [0.1, 0.15) is 104 Å². The Hall–Kier alpha value is -0.900. The zero-order valence-corrected chi connectivity index (χ0v) is 21.3. The van der Waals surface area contributed by atoms with Gasteiger partial charge in [-0.3, -0.25) is 0 Å². The number of rotatable bonds is 12. The van der Waals surface area contributed by atoms with E-state index >= 15 is 0 Å². The van der Waals surface area contributed by atoms with E-state index in [-0.39, 0.29) is 6.04 Å². The van der Waals surface area contributed by atoms with Crippen molar-refractivity contribution in [2.24, 2.45) is 5.73 Å². The average molecular weight is 479 g/mol. The minimum atomic E-state index is -0.601. The highest BCUT2D eigenvalue weighted by Crippen LogP contribution is 2.25. The molecule has 0 heterocycles. The molecule has 3 N–H and O–H groups in total. The fourth-order valence-electron chi connectivity index (χ4n) is 3.65. The Morgan fingerprint density at radius 2 is 1.40 bits per heavy atom. The van der Waals surface area contributed by atoms with E-state index < -0.39 is 6.10 Å². The van der Waals surface area contributed by atoms with Gasteiger partial charge in [0.05, 0.1) is 6.10 Å². The van der Waals surface area contributed by atoms with Crippen LogP contribution in [0.25, 0.3) is 10.8 Å². The van der Waals surface area contributed by atoms with E-state index in [2.05, 4.69) is 36.7 Å². The first-order valence-electron chi connectivity index (χ1n) is 11.9. The standard InChI is InChI=1S/C14H29Br.C13H15NO/c1-4-5-6-7-8-9-10-11-12-13-14(2,3)15;1-9(14)13(15)12-8-4-6-10-5-2-3-7-11(10)12/h4-13H2,1-3H3;2-9,13,15H,14H2,1H3. The zero-order valence-electron chi connectivity index (χ0n) is 19.7. The largest absolute Gasteiger partial charge is 0.387 e. The van der Waals surface area contributed by atoms with E-state index in [0.717, 1.165) is 16.3 Å². The van der Waals surface area contributed by atoms with Gasteiger partial charge < -0.3 is 10.8 Å². The Morgan fingerprint density at radius 3 is 1.97 bits per heavy atom. The van der Waals surface area contributed by atoms with Crippen LogP contribution in [-0.4, -0.2) is 15.5 Å².